The van der Waals surface area contributed by atoms with Gasteiger partial charge in [0, 0.05) is 29.1 Å². The fourth-order valence-electron chi connectivity index (χ4n) is 8.40. The molecule has 2 aliphatic carbocycles. The molecule has 0 radical (unpaired) electrons. The average Bonchev–Trinajstić information content (AvgIpc) is 3.66. The Labute approximate surface area is 291 Å². The van der Waals surface area contributed by atoms with Crippen LogP contribution in [0.5, 0.6) is 0 Å². The summed E-state index contributed by atoms with van der Waals surface area (Å²) in [6, 6.07) is 21.7. The lowest BCUT2D eigenvalue weighted by molar-refractivity contribution is -0.129. The molecule has 0 bridgehead atoms. The van der Waals surface area contributed by atoms with Gasteiger partial charge in [-0.3, -0.25) is 19.3 Å². The maximum absolute atomic E-state index is 14.1. The zero-order valence-electron chi connectivity index (χ0n) is 28.5. The highest BCUT2D eigenvalue weighted by molar-refractivity contribution is 5.99. The lowest BCUT2D eigenvalue weighted by Crippen LogP contribution is -2.53. The van der Waals surface area contributed by atoms with Crippen LogP contribution >= 0.6 is 0 Å². The second-order valence-electron chi connectivity index (χ2n) is 14.0. The molecule has 2 fully saturated rings. The number of hydrogen-bond acceptors (Lipinski definition) is 6. The van der Waals surface area contributed by atoms with E-state index >= 15 is 0 Å². The van der Waals surface area contributed by atoms with E-state index in [1.165, 1.54) is 6.07 Å². The summed E-state index contributed by atoms with van der Waals surface area (Å²) in [7, 11) is 0. The van der Waals surface area contributed by atoms with E-state index in [0.717, 1.165) is 58.9 Å². The Morgan fingerprint density at radius 1 is 0.960 bits per heavy atom. The lowest BCUT2D eigenvalue weighted by atomic mass is 9.85. The number of hydrogen-bond donors (Lipinski definition) is 4. The van der Waals surface area contributed by atoms with Crippen molar-refractivity contribution >= 4 is 34.5 Å². The summed E-state index contributed by atoms with van der Waals surface area (Å²) in [5, 5.41) is 6.83. The number of anilines is 1. The molecular weight excluding hydrogens is 630 g/mol. The van der Waals surface area contributed by atoms with Crippen LogP contribution in [0.4, 0.5) is 10.5 Å². The van der Waals surface area contributed by atoms with Gasteiger partial charge in [-0.25, -0.2) is 4.79 Å². The molecule has 2 unspecified atom stereocenters. The maximum atomic E-state index is 14.1. The minimum absolute atomic E-state index is 0.0807. The molecule has 0 spiro atoms. The number of unbranched alkanes of at least 4 members (excludes halogenated alkanes) is 1. The van der Waals surface area contributed by atoms with Crippen LogP contribution in [-0.4, -0.2) is 59.1 Å². The van der Waals surface area contributed by atoms with Gasteiger partial charge in [0.15, 0.2) is 0 Å². The highest BCUT2D eigenvalue weighted by atomic mass is 16.6. The van der Waals surface area contributed by atoms with Crippen LogP contribution in [-0.2, 0) is 14.3 Å². The first-order chi connectivity index (χ1) is 24.3. The number of fused-ring (bicyclic) bond motifs is 5. The molecule has 260 valence electrons. The first kappa shape index (κ1) is 33.5. The van der Waals surface area contributed by atoms with E-state index in [2.05, 4.69) is 39.9 Å². The predicted octanol–water partition coefficient (Wildman–Crippen LogP) is 5.97. The molecule has 1 saturated carbocycles. The second kappa shape index (κ2) is 14.5. The summed E-state index contributed by atoms with van der Waals surface area (Å²) in [5.74, 6) is -0.601. The normalized spacial score (nSPS) is 20.1. The van der Waals surface area contributed by atoms with Gasteiger partial charge in [-0.15, -0.1) is 0 Å². The minimum atomic E-state index is -0.840. The molecule has 1 aliphatic heterocycles. The number of pyridine rings is 1. The van der Waals surface area contributed by atoms with E-state index in [1.54, 1.807) is 17.0 Å². The number of carbonyl (C=O) groups excluding carboxylic acids is 3. The first-order valence-electron chi connectivity index (χ1n) is 17.9. The molecule has 1 saturated heterocycles. The number of aryl methyl sites for hydroxylation is 1. The number of likely N-dealkylation sites (tertiary alicyclic amines) is 1. The number of nitrogens with zero attached hydrogens (tertiary/aromatic N) is 1. The number of aromatic nitrogens is 1. The molecule has 7 rings (SSSR count). The third kappa shape index (κ3) is 6.64. The number of ether oxygens (including phenoxy) is 1. The molecule has 50 heavy (non-hydrogen) atoms. The van der Waals surface area contributed by atoms with E-state index in [4.69, 9.17) is 10.5 Å². The van der Waals surface area contributed by atoms with Crippen LogP contribution in [0.1, 0.15) is 74.0 Å². The number of aromatic amines is 1. The number of amides is 3. The standard InChI is InChI=1S/C40H45N5O5/c1-24-20-37(46)43-34-22-26(17-18-27(24)34)42-38(47)33(15-8-9-19-41)44-39(48)36-21-25-10-2-7-16-35(25)45(36)40(49)50-23-32-30-13-5-3-11-28(30)29-12-4-6-14-31(29)32/h3-6,11-14,17-18,20,22,25,32-33,35-36H,2,7-10,15-16,19,21,23,41H2,1H3,(H,42,47)(H,43,46)(H,44,48)/t25?,33-,35?,36-/m0/s1. The SMILES string of the molecule is Cc1cc(=O)[nH]c2cc(NC(=O)[C@H](CCCCN)NC(=O)[C@@H]3CC4CCCCC4N3C(=O)OCC3c4ccccc4-c4ccccc43)ccc12. The summed E-state index contributed by atoms with van der Waals surface area (Å²) < 4.78 is 6.10. The minimum Gasteiger partial charge on any atom is -0.448 e. The summed E-state index contributed by atoms with van der Waals surface area (Å²) in [6.07, 6.45) is 5.62. The van der Waals surface area contributed by atoms with Gasteiger partial charge in [0.25, 0.3) is 0 Å². The summed E-state index contributed by atoms with van der Waals surface area (Å²) in [4.78, 5) is 58.4. The van der Waals surface area contributed by atoms with Crippen molar-refractivity contribution in [3.63, 3.8) is 0 Å². The van der Waals surface area contributed by atoms with Crippen molar-refractivity contribution in [3.05, 3.63) is 99.8 Å². The number of nitrogens with one attached hydrogen (secondary N) is 3. The Morgan fingerprint density at radius 3 is 2.42 bits per heavy atom. The van der Waals surface area contributed by atoms with Crippen LogP contribution in [0.2, 0.25) is 0 Å². The molecule has 3 aromatic carbocycles. The summed E-state index contributed by atoms with van der Waals surface area (Å²) in [6.45, 7) is 2.51. The van der Waals surface area contributed by atoms with E-state index in [-0.39, 0.29) is 41.9 Å². The van der Waals surface area contributed by atoms with Crippen LogP contribution in [0.3, 0.4) is 0 Å². The van der Waals surface area contributed by atoms with Gasteiger partial charge in [0.05, 0.1) is 5.52 Å². The van der Waals surface area contributed by atoms with Crippen molar-refractivity contribution < 1.29 is 19.1 Å². The number of benzene rings is 3. The first-order valence-corrected chi connectivity index (χ1v) is 17.9. The smallest absolute Gasteiger partial charge is 0.410 e. The Bertz CT molecular complexity index is 1930. The fraction of sp³-hybridized carbons (Fsp3) is 0.400. The molecule has 4 atom stereocenters. The molecule has 4 aromatic rings. The Hall–Kier alpha value is -4.96. The largest absolute Gasteiger partial charge is 0.448 e. The molecule has 3 aliphatic rings. The van der Waals surface area contributed by atoms with Crippen LogP contribution in [0.25, 0.3) is 22.0 Å². The number of nitrogens with two attached hydrogens (primary N) is 1. The average molecular weight is 676 g/mol. The summed E-state index contributed by atoms with van der Waals surface area (Å²) >= 11 is 0. The van der Waals surface area contributed by atoms with E-state index in [9.17, 15) is 19.2 Å². The van der Waals surface area contributed by atoms with E-state index in [1.807, 2.05) is 37.3 Å². The molecule has 3 amide bonds. The van der Waals surface area contributed by atoms with E-state index in [0.29, 0.717) is 43.4 Å². The fourth-order valence-corrected chi connectivity index (χ4v) is 8.40. The van der Waals surface area contributed by atoms with Crippen molar-refractivity contribution in [2.45, 2.75) is 82.3 Å². The van der Waals surface area contributed by atoms with Crippen molar-refractivity contribution in [1.29, 1.82) is 0 Å². The van der Waals surface area contributed by atoms with Gasteiger partial charge in [-0.05, 0) is 97.9 Å². The quantitative estimate of drug-likeness (QED) is 0.152. The topological polar surface area (TPSA) is 147 Å². The molecule has 5 N–H and O–H groups in total. The van der Waals surface area contributed by atoms with Crippen molar-refractivity contribution in [1.82, 2.24) is 15.2 Å². The number of carbonyl (C=O) groups is 3. The van der Waals surface area contributed by atoms with Gasteiger partial charge in [0.2, 0.25) is 17.4 Å². The Morgan fingerprint density at radius 2 is 1.68 bits per heavy atom. The Kier molecular flexibility index (Phi) is 9.72. The van der Waals surface area contributed by atoms with Crippen molar-refractivity contribution in [2.24, 2.45) is 11.7 Å². The summed E-state index contributed by atoms with van der Waals surface area (Å²) in [5.41, 5.74) is 12.1. The molecule has 1 aromatic heterocycles. The third-order valence-electron chi connectivity index (χ3n) is 10.8. The van der Waals surface area contributed by atoms with Crippen molar-refractivity contribution in [3.8, 4) is 11.1 Å². The van der Waals surface area contributed by atoms with Crippen LogP contribution in [0.15, 0.2) is 77.6 Å². The van der Waals surface area contributed by atoms with Gasteiger partial charge in [-0.2, -0.15) is 0 Å². The predicted molar refractivity (Wildman–Crippen MR) is 194 cm³/mol. The molecular formula is C40H45N5O5. The highest BCUT2D eigenvalue weighted by Crippen LogP contribution is 2.45. The number of H-pyrrole nitrogens is 1. The lowest BCUT2D eigenvalue weighted by Gasteiger charge is -2.33. The third-order valence-corrected chi connectivity index (χ3v) is 10.8. The molecule has 10 nitrogen and oxygen atoms in total. The molecule has 10 heteroatoms. The highest BCUT2D eigenvalue weighted by Gasteiger charge is 2.49. The van der Waals surface area contributed by atoms with Crippen molar-refractivity contribution in [2.75, 3.05) is 18.5 Å². The van der Waals surface area contributed by atoms with Gasteiger partial charge >= 0.3 is 6.09 Å². The van der Waals surface area contributed by atoms with Gasteiger partial charge in [0.1, 0.15) is 18.7 Å². The van der Waals surface area contributed by atoms with Crippen LogP contribution < -0.4 is 21.9 Å². The Balaban J connectivity index is 1.08. The molecule has 2 heterocycles. The van der Waals surface area contributed by atoms with Gasteiger partial charge in [-0.1, -0.05) is 67.4 Å². The monoisotopic (exact) mass is 675 g/mol. The second-order valence-corrected chi connectivity index (χ2v) is 14.0. The van der Waals surface area contributed by atoms with E-state index < -0.39 is 18.2 Å². The zero-order valence-corrected chi connectivity index (χ0v) is 28.5. The maximum Gasteiger partial charge on any atom is 0.410 e. The number of rotatable bonds is 10. The zero-order chi connectivity index (χ0) is 34.8. The van der Waals surface area contributed by atoms with Gasteiger partial charge < -0.3 is 26.1 Å². The van der Waals surface area contributed by atoms with Crippen LogP contribution in [0, 0.1) is 12.8 Å².